The monoisotopic (exact) mass is 300 g/mol. The molecule has 0 aliphatic heterocycles. The lowest BCUT2D eigenvalue weighted by Crippen LogP contribution is -2.24. The number of thiazole rings is 1. The average molecular weight is 300 g/mol. The first-order valence-electron chi connectivity index (χ1n) is 6.25. The van der Waals surface area contributed by atoms with Gasteiger partial charge in [0, 0.05) is 24.4 Å². The quantitative estimate of drug-likeness (QED) is 0.901. The van der Waals surface area contributed by atoms with Crippen LogP contribution in [0.1, 0.15) is 29.8 Å². The van der Waals surface area contributed by atoms with Crippen LogP contribution in [0.5, 0.6) is 0 Å². The standard InChI is InChI=1S/C14H15F3N2S/c1-10(18-7-6-11-8-20-9-19-11)12-4-2-3-5-13(12)14(15,16)17/h2-5,8-10,18H,6-7H2,1H3. The first kappa shape index (κ1) is 15.0. The molecule has 108 valence electrons. The zero-order chi connectivity index (χ0) is 14.6. The van der Waals surface area contributed by atoms with Gasteiger partial charge in [0.15, 0.2) is 0 Å². The number of hydrogen-bond donors (Lipinski definition) is 1. The minimum absolute atomic E-state index is 0.276. The van der Waals surface area contributed by atoms with Gasteiger partial charge >= 0.3 is 6.18 Å². The van der Waals surface area contributed by atoms with Crippen molar-refractivity contribution in [2.45, 2.75) is 25.6 Å². The molecular formula is C14H15F3N2S. The van der Waals surface area contributed by atoms with E-state index in [1.807, 2.05) is 5.38 Å². The van der Waals surface area contributed by atoms with Crippen molar-refractivity contribution in [2.75, 3.05) is 6.54 Å². The summed E-state index contributed by atoms with van der Waals surface area (Å²) in [4.78, 5) is 4.14. The Hall–Kier alpha value is -1.40. The van der Waals surface area contributed by atoms with E-state index in [2.05, 4.69) is 10.3 Å². The van der Waals surface area contributed by atoms with E-state index in [1.165, 1.54) is 23.5 Å². The highest BCUT2D eigenvalue weighted by Crippen LogP contribution is 2.34. The fourth-order valence-corrected chi connectivity index (χ4v) is 2.61. The highest BCUT2D eigenvalue weighted by atomic mass is 32.1. The van der Waals surface area contributed by atoms with Crippen molar-refractivity contribution in [1.29, 1.82) is 0 Å². The van der Waals surface area contributed by atoms with Gasteiger partial charge in [0.2, 0.25) is 0 Å². The summed E-state index contributed by atoms with van der Waals surface area (Å²) < 4.78 is 38.8. The number of halogens is 3. The van der Waals surface area contributed by atoms with Crippen LogP contribution in [0.4, 0.5) is 13.2 Å². The first-order chi connectivity index (χ1) is 9.48. The van der Waals surface area contributed by atoms with E-state index >= 15 is 0 Å². The van der Waals surface area contributed by atoms with Gasteiger partial charge in [-0.15, -0.1) is 11.3 Å². The lowest BCUT2D eigenvalue weighted by atomic mass is 10.0. The summed E-state index contributed by atoms with van der Waals surface area (Å²) in [6, 6.07) is 5.32. The Kier molecular flexibility index (Phi) is 4.77. The molecule has 1 unspecified atom stereocenters. The van der Waals surface area contributed by atoms with Gasteiger partial charge in [-0.05, 0) is 18.6 Å². The molecule has 1 N–H and O–H groups in total. The maximum atomic E-state index is 12.9. The minimum Gasteiger partial charge on any atom is -0.310 e. The number of rotatable bonds is 5. The van der Waals surface area contributed by atoms with Crippen molar-refractivity contribution in [3.63, 3.8) is 0 Å². The highest BCUT2D eigenvalue weighted by Gasteiger charge is 2.33. The SMILES string of the molecule is CC(NCCc1cscn1)c1ccccc1C(F)(F)F. The second-order valence-electron chi connectivity index (χ2n) is 4.49. The van der Waals surface area contributed by atoms with Gasteiger partial charge in [0.25, 0.3) is 0 Å². The Morgan fingerprint density at radius 2 is 2.05 bits per heavy atom. The first-order valence-corrected chi connectivity index (χ1v) is 7.19. The van der Waals surface area contributed by atoms with Crippen LogP contribution in [0, 0.1) is 0 Å². The third-order valence-corrected chi connectivity index (χ3v) is 3.68. The number of nitrogens with one attached hydrogen (secondary N) is 1. The van der Waals surface area contributed by atoms with Crippen molar-refractivity contribution >= 4 is 11.3 Å². The average Bonchev–Trinajstić information content (AvgIpc) is 2.91. The van der Waals surface area contributed by atoms with Crippen molar-refractivity contribution in [3.8, 4) is 0 Å². The summed E-state index contributed by atoms with van der Waals surface area (Å²) in [5.74, 6) is 0. The number of aromatic nitrogens is 1. The van der Waals surface area contributed by atoms with E-state index in [1.54, 1.807) is 18.5 Å². The maximum absolute atomic E-state index is 12.9. The molecule has 0 aliphatic carbocycles. The van der Waals surface area contributed by atoms with Crippen LogP contribution in [-0.4, -0.2) is 11.5 Å². The zero-order valence-electron chi connectivity index (χ0n) is 10.9. The Morgan fingerprint density at radius 3 is 2.70 bits per heavy atom. The van der Waals surface area contributed by atoms with Crippen LogP contribution in [-0.2, 0) is 12.6 Å². The van der Waals surface area contributed by atoms with Gasteiger partial charge in [0.1, 0.15) is 0 Å². The topological polar surface area (TPSA) is 24.9 Å². The molecule has 0 aliphatic rings. The maximum Gasteiger partial charge on any atom is 0.416 e. The lowest BCUT2D eigenvalue weighted by molar-refractivity contribution is -0.138. The van der Waals surface area contributed by atoms with Crippen LogP contribution in [0.25, 0.3) is 0 Å². The van der Waals surface area contributed by atoms with E-state index in [0.717, 1.165) is 11.8 Å². The molecule has 0 amide bonds. The molecule has 0 fully saturated rings. The number of alkyl halides is 3. The molecular weight excluding hydrogens is 285 g/mol. The largest absolute Gasteiger partial charge is 0.416 e. The summed E-state index contributed by atoms with van der Waals surface area (Å²) in [5, 5.41) is 5.05. The number of hydrogen-bond acceptors (Lipinski definition) is 3. The molecule has 1 heterocycles. The van der Waals surface area contributed by atoms with Crippen molar-refractivity contribution in [2.24, 2.45) is 0 Å². The molecule has 0 saturated carbocycles. The van der Waals surface area contributed by atoms with E-state index < -0.39 is 11.7 Å². The van der Waals surface area contributed by atoms with Crippen LogP contribution >= 0.6 is 11.3 Å². The summed E-state index contributed by atoms with van der Waals surface area (Å²) in [5.41, 5.74) is 2.41. The van der Waals surface area contributed by atoms with Crippen LogP contribution in [0.3, 0.4) is 0 Å². The summed E-state index contributed by atoms with van der Waals surface area (Å²) in [7, 11) is 0. The predicted octanol–water partition coefficient (Wildman–Crippen LogP) is 4.06. The molecule has 0 spiro atoms. The molecule has 1 aromatic carbocycles. The molecule has 2 aromatic rings. The Bertz CT molecular complexity index is 538. The normalized spacial score (nSPS) is 13.4. The molecule has 6 heteroatoms. The minimum atomic E-state index is -4.32. The Morgan fingerprint density at radius 1 is 1.30 bits per heavy atom. The van der Waals surface area contributed by atoms with Crippen LogP contribution < -0.4 is 5.32 Å². The number of nitrogens with zero attached hydrogens (tertiary/aromatic N) is 1. The fourth-order valence-electron chi connectivity index (χ4n) is 2.02. The van der Waals surface area contributed by atoms with Crippen molar-refractivity contribution in [3.05, 3.63) is 52.0 Å². The van der Waals surface area contributed by atoms with E-state index in [0.29, 0.717) is 13.0 Å². The molecule has 2 rings (SSSR count). The van der Waals surface area contributed by atoms with E-state index in [4.69, 9.17) is 0 Å². The zero-order valence-corrected chi connectivity index (χ0v) is 11.8. The van der Waals surface area contributed by atoms with Gasteiger partial charge < -0.3 is 5.32 Å². The molecule has 20 heavy (non-hydrogen) atoms. The highest BCUT2D eigenvalue weighted by molar-refractivity contribution is 7.07. The molecule has 0 radical (unpaired) electrons. The van der Waals surface area contributed by atoms with Gasteiger partial charge in [-0.1, -0.05) is 18.2 Å². The van der Waals surface area contributed by atoms with Crippen LogP contribution in [0.2, 0.25) is 0 Å². The second kappa shape index (κ2) is 6.37. The molecule has 0 bridgehead atoms. The van der Waals surface area contributed by atoms with Gasteiger partial charge in [-0.3, -0.25) is 0 Å². The van der Waals surface area contributed by atoms with Gasteiger partial charge in [0.05, 0.1) is 16.8 Å². The lowest BCUT2D eigenvalue weighted by Gasteiger charge is -2.19. The Labute approximate surface area is 119 Å². The van der Waals surface area contributed by atoms with Crippen molar-refractivity contribution in [1.82, 2.24) is 10.3 Å². The molecule has 2 nitrogen and oxygen atoms in total. The number of benzene rings is 1. The Balaban J connectivity index is 2.00. The van der Waals surface area contributed by atoms with E-state index in [9.17, 15) is 13.2 Å². The molecule has 0 saturated heterocycles. The summed E-state index contributed by atoms with van der Waals surface area (Å²) >= 11 is 1.51. The third-order valence-electron chi connectivity index (χ3n) is 3.05. The van der Waals surface area contributed by atoms with E-state index in [-0.39, 0.29) is 11.6 Å². The predicted molar refractivity (Wildman–Crippen MR) is 73.7 cm³/mol. The van der Waals surface area contributed by atoms with Gasteiger partial charge in [-0.25, -0.2) is 4.98 Å². The third kappa shape index (κ3) is 3.80. The van der Waals surface area contributed by atoms with Gasteiger partial charge in [-0.2, -0.15) is 13.2 Å². The summed E-state index contributed by atoms with van der Waals surface area (Å²) in [6.45, 7) is 2.34. The van der Waals surface area contributed by atoms with Crippen molar-refractivity contribution < 1.29 is 13.2 Å². The van der Waals surface area contributed by atoms with Crippen LogP contribution in [0.15, 0.2) is 35.2 Å². The second-order valence-corrected chi connectivity index (χ2v) is 5.21. The fraction of sp³-hybridized carbons (Fsp3) is 0.357. The molecule has 1 atom stereocenters. The molecule has 1 aromatic heterocycles. The smallest absolute Gasteiger partial charge is 0.310 e. The summed E-state index contributed by atoms with van der Waals surface area (Å²) in [6.07, 6.45) is -3.61.